The van der Waals surface area contributed by atoms with E-state index < -0.39 is 6.10 Å². The van der Waals surface area contributed by atoms with Gasteiger partial charge in [0.15, 0.2) is 0 Å². The molecule has 0 bridgehead atoms. The van der Waals surface area contributed by atoms with Gasteiger partial charge >= 0.3 is 0 Å². The van der Waals surface area contributed by atoms with Crippen LogP contribution in [-0.4, -0.2) is 23.3 Å². The standard InChI is InChI=1S/C18H21NO2/c1-14-11-15(13-19-12-14)17(20)18(7-9-21-10-8-18)16-5-3-2-4-6-16/h2-6,11-13,17,20H,7-10H2,1H3. The Labute approximate surface area is 125 Å². The molecule has 2 aromatic rings. The third-order valence-electron chi connectivity index (χ3n) is 4.47. The minimum Gasteiger partial charge on any atom is -0.387 e. The van der Waals surface area contributed by atoms with Crippen molar-refractivity contribution in [3.05, 3.63) is 65.5 Å². The van der Waals surface area contributed by atoms with Crippen molar-refractivity contribution in [1.29, 1.82) is 0 Å². The van der Waals surface area contributed by atoms with Gasteiger partial charge in [0, 0.05) is 31.0 Å². The first-order valence-corrected chi connectivity index (χ1v) is 7.45. The largest absolute Gasteiger partial charge is 0.387 e. The van der Waals surface area contributed by atoms with Gasteiger partial charge in [-0.3, -0.25) is 4.98 Å². The minimum atomic E-state index is -0.559. The highest BCUT2D eigenvalue weighted by atomic mass is 16.5. The molecule has 1 saturated heterocycles. The lowest BCUT2D eigenvalue weighted by molar-refractivity contribution is -0.0172. The van der Waals surface area contributed by atoms with Crippen LogP contribution in [0.15, 0.2) is 48.8 Å². The summed E-state index contributed by atoms with van der Waals surface area (Å²) in [6.45, 7) is 3.37. The van der Waals surface area contributed by atoms with E-state index in [9.17, 15) is 5.11 Å². The molecule has 3 nitrogen and oxygen atoms in total. The topological polar surface area (TPSA) is 42.4 Å². The lowest BCUT2D eigenvalue weighted by Gasteiger charge is -2.41. The molecule has 1 aliphatic heterocycles. The normalized spacial score (nSPS) is 19.1. The molecule has 21 heavy (non-hydrogen) atoms. The quantitative estimate of drug-likeness (QED) is 0.940. The second kappa shape index (κ2) is 5.96. The Morgan fingerprint density at radius 2 is 1.86 bits per heavy atom. The molecule has 2 heterocycles. The third-order valence-corrected chi connectivity index (χ3v) is 4.47. The van der Waals surface area contributed by atoms with Crippen molar-refractivity contribution >= 4 is 0 Å². The van der Waals surface area contributed by atoms with Gasteiger partial charge in [0.1, 0.15) is 0 Å². The number of benzene rings is 1. The maximum absolute atomic E-state index is 11.1. The molecule has 110 valence electrons. The summed E-state index contributed by atoms with van der Waals surface area (Å²) in [6.07, 6.45) is 4.68. The van der Waals surface area contributed by atoms with Crippen LogP contribution in [0.3, 0.4) is 0 Å². The van der Waals surface area contributed by atoms with Crippen molar-refractivity contribution in [2.45, 2.75) is 31.3 Å². The average Bonchev–Trinajstić information content (AvgIpc) is 2.55. The van der Waals surface area contributed by atoms with Crippen LogP contribution in [0.1, 0.15) is 35.6 Å². The molecule has 0 amide bonds. The first-order chi connectivity index (χ1) is 10.2. The summed E-state index contributed by atoms with van der Waals surface area (Å²) in [4.78, 5) is 4.23. The highest BCUT2D eigenvalue weighted by Crippen LogP contribution is 2.45. The van der Waals surface area contributed by atoms with E-state index in [0.29, 0.717) is 13.2 Å². The summed E-state index contributed by atoms with van der Waals surface area (Å²) in [5, 5.41) is 11.1. The van der Waals surface area contributed by atoms with Gasteiger partial charge in [-0.25, -0.2) is 0 Å². The second-order valence-electron chi connectivity index (χ2n) is 5.83. The highest BCUT2D eigenvalue weighted by molar-refractivity contribution is 5.32. The zero-order valence-electron chi connectivity index (χ0n) is 12.3. The molecule has 0 spiro atoms. The number of hydrogen-bond donors (Lipinski definition) is 1. The molecule has 3 rings (SSSR count). The summed E-state index contributed by atoms with van der Waals surface area (Å²) in [5.74, 6) is 0. The van der Waals surface area contributed by atoms with E-state index in [0.717, 1.165) is 24.0 Å². The van der Waals surface area contributed by atoms with Crippen LogP contribution in [0.5, 0.6) is 0 Å². The molecule has 1 unspecified atom stereocenters. The number of aryl methyl sites for hydroxylation is 1. The SMILES string of the molecule is Cc1cncc(C(O)C2(c3ccccc3)CCOCC2)c1. The fourth-order valence-electron chi connectivity index (χ4n) is 3.27. The Bertz CT molecular complexity index is 591. The molecule has 0 aliphatic carbocycles. The van der Waals surface area contributed by atoms with E-state index in [1.807, 2.05) is 37.4 Å². The molecule has 0 radical (unpaired) electrons. The van der Waals surface area contributed by atoms with Crippen molar-refractivity contribution < 1.29 is 9.84 Å². The number of pyridine rings is 1. The molecule has 3 heteroatoms. The molecule has 1 aromatic carbocycles. The smallest absolute Gasteiger partial charge is 0.0903 e. The van der Waals surface area contributed by atoms with Gasteiger partial charge < -0.3 is 9.84 Å². The zero-order chi connectivity index (χ0) is 14.7. The average molecular weight is 283 g/mol. The van der Waals surface area contributed by atoms with Crippen LogP contribution in [0.2, 0.25) is 0 Å². The van der Waals surface area contributed by atoms with Gasteiger partial charge in [-0.1, -0.05) is 36.4 Å². The summed E-state index contributed by atoms with van der Waals surface area (Å²) in [5.41, 5.74) is 2.86. The van der Waals surface area contributed by atoms with E-state index in [1.165, 1.54) is 5.56 Å². The van der Waals surface area contributed by atoms with E-state index in [1.54, 1.807) is 6.20 Å². The van der Waals surface area contributed by atoms with Crippen molar-refractivity contribution in [2.75, 3.05) is 13.2 Å². The Morgan fingerprint density at radius 3 is 2.52 bits per heavy atom. The number of nitrogens with zero attached hydrogens (tertiary/aromatic N) is 1. The van der Waals surface area contributed by atoms with E-state index in [-0.39, 0.29) is 5.41 Å². The maximum atomic E-state index is 11.1. The molecule has 0 saturated carbocycles. The van der Waals surface area contributed by atoms with Crippen molar-refractivity contribution in [3.63, 3.8) is 0 Å². The Hall–Kier alpha value is -1.71. The molecule has 1 N–H and O–H groups in total. The Kier molecular flexibility index (Phi) is 4.04. The van der Waals surface area contributed by atoms with Crippen molar-refractivity contribution in [1.82, 2.24) is 4.98 Å². The van der Waals surface area contributed by atoms with Crippen molar-refractivity contribution in [3.8, 4) is 0 Å². The fraction of sp³-hybridized carbons (Fsp3) is 0.389. The molecule has 1 aliphatic rings. The van der Waals surface area contributed by atoms with Gasteiger partial charge in [0.05, 0.1) is 6.10 Å². The summed E-state index contributed by atoms with van der Waals surface area (Å²) >= 11 is 0. The number of aliphatic hydroxyl groups is 1. The second-order valence-corrected chi connectivity index (χ2v) is 5.83. The van der Waals surface area contributed by atoms with Gasteiger partial charge in [-0.15, -0.1) is 0 Å². The van der Waals surface area contributed by atoms with Gasteiger partial charge in [0.25, 0.3) is 0 Å². The third kappa shape index (κ3) is 2.71. The molecule has 1 atom stereocenters. The number of ether oxygens (including phenoxy) is 1. The predicted octanol–water partition coefficient (Wildman–Crippen LogP) is 3.17. The van der Waals surface area contributed by atoms with Crippen LogP contribution >= 0.6 is 0 Å². The summed E-state index contributed by atoms with van der Waals surface area (Å²) < 4.78 is 5.53. The lowest BCUT2D eigenvalue weighted by Crippen LogP contribution is -2.39. The predicted molar refractivity (Wildman–Crippen MR) is 82.1 cm³/mol. The molecule has 1 fully saturated rings. The molecular weight excluding hydrogens is 262 g/mol. The Morgan fingerprint density at radius 1 is 1.14 bits per heavy atom. The van der Waals surface area contributed by atoms with Gasteiger partial charge in [0.2, 0.25) is 0 Å². The number of rotatable bonds is 3. The van der Waals surface area contributed by atoms with Gasteiger partial charge in [-0.05, 0) is 36.5 Å². The molecular formula is C18H21NO2. The van der Waals surface area contributed by atoms with Crippen LogP contribution in [-0.2, 0) is 10.2 Å². The summed E-state index contributed by atoms with van der Waals surface area (Å²) in [7, 11) is 0. The monoisotopic (exact) mass is 283 g/mol. The van der Waals surface area contributed by atoms with Crippen LogP contribution in [0.25, 0.3) is 0 Å². The first-order valence-electron chi connectivity index (χ1n) is 7.45. The maximum Gasteiger partial charge on any atom is 0.0903 e. The van der Waals surface area contributed by atoms with Crippen LogP contribution in [0.4, 0.5) is 0 Å². The zero-order valence-corrected chi connectivity index (χ0v) is 12.3. The number of aliphatic hydroxyl groups excluding tert-OH is 1. The van der Waals surface area contributed by atoms with E-state index in [4.69, 9.17) is 4.74 Å². The van der Waals surface area contributed by atoms with Crippen LogP contribution in [0, 0.1) is 6.92 Å². The fourth-order valence-corrected chi connectivity index (χ4v) is 3.27. The summed E-state index contributed by atoms with van der Waals surface area (Å²) in [6, 6.07) is 12.3. The van der Waals surface area contributed by atoms with Crippen LogP contribution < -0.4 is 0 Å². The Balaban J connectivity index is 2.03. The highest BCUT2D eigenvalue weighted by Gasteiger charge is 2.41. The van der Waals surface area contributed by atoms with E-state index >= 15 is 0 Å². The molecule has 1 aromatic heterocycles. The lowest BCUT2D eigenvalue weighted by atomic mass is 9.68. The minimum absolute atomic E-state index is 0.283. The first kappa shape index (κ1) is 14.2. The number of hydrogen-bond acceptors (Lipinski definition) is 3. The van der Waals surface area contributed by atoms with Gasteiger partial charge in [-0.2, -0.15) is 0 Å². The van der Waals surface area contributed by atoms with E-state index in [2.05, 4.69) is 17.1 Å². The number of aromatic nitrogens is 1. The van der Waals surface area contributed by atoms with Crippen molar-refractivity contribution in [2.24, 2.45) is 0 Å².